The Morgan fingerprint density at radius 1 is 0.571 bits per heavy atom. The highest BCUT2D eigenvalue weighted by Crippen LogP contribution is 2.54. The van der Waals surface area contributed by atoms with Crippen molar-refractivity contribution in [1.29, 1.82) is 0 Å². The number of carbonyl (C=O) groups is 3. The van der Waals surface area contributed by atoms with E-state index in [4.69, 9.17) is 9.90 Å². The Kier molecular flexibility index (Phi) is 11.6. The van der Waals surface area contributed by atoms with E-state index in [1.165, 1.54) is 88.6 Å². The largest absolute Gasteiger partial charge is 0.490 e. The number of carbonyl (C=O) groups excluding carboxylic acids is 2. The molecule has 2 aliphatic carbocycles. The van der Waals surface area contributed by atoms with Crippen LogP contribution in [-0.4, -0.2) is 64.0 Å². The normalized spacial score (nSPS) is 29.3. The Labute approximate surface area is 331 Å². The van der Waals surface area contributed by atoms with Crippen LogP contribution < -0.4 is 10.6 Å². The first-order chi connectivity index (χ1) is 27.0. The van der Waals surface area contributed by atoms with Gasteiger partial charge in [-0.2, -0.15) is 13.2 Å². The number of carboxylic acids is 1. The maximum absolute atomic E-state index is 13.2. The third-order valence-corrected chi connectivity index (χ3v) is 14.8. The molecule has 4 fully saturated rings. The Balaban J connectivity index is 0.000000579. The van der Waals surface area contributed by atoms with Crippen molar-refractivity contribution in [3.8, 4) is 0 Å². The van der Waals surface area contributed by atoms with Gasteiger partial charge in [0.25, 0.3) is 11.8 Å². The fraction of sp³-hybridized carbons (Fsp3) is 0.568. The minimum absolute atomic E-state index is 0.0195. The summed E-state index contributed by atoms with van der Waals surface area (Å²) in [7, 11) is 0. The molecule has 8 nitrogen and oxygen atoms in total. The van der Waals surface area contributed by atoms with Crippen molar-refractivity contribution in [3.63, 3.8) is 0 Å². The zero-order chi connectivity index (χ0) is 39.0. The van der Waals surface area contributed by atoms with E-state index in [9.17, 15) is 22.8 Å². The number of hydrogen-bond donors (Lipinski definition) is 3. The molecular formula is C44H53F3N4O4S. The van der Waals surface area contributed by atoms with E-state index in [1.807, 2.05) is 12.1 Å². The molecule has 12 heteroatoms. The summed E-state index contributed by atoms with van der Waals surface area (Å²) < 4.78 is 31.7. The van der Waals surface area contributed by atoms with Gasteiger partial charge in [0.05, 0.1) is 9.75 Å². The molecule has 4 aliphatic heterocycles. The van der Waals surface area contributed by atoms with E-state index >= 15 is 0 Å². The predicted molar refractivity (Wildman–Crippen MR) is 209 cm³/mol. The van der Waals surface area contributed by atoms with Gasteiger partial charge < -0.3 is 15.7 Å². The lowest BCUT2D eigenvalue weighted by atomic mass is 9.84. The number of amides is 2. The first-order valence-electron chi connectivity index (χ1n) is 20.7. The third kappa shape index (κ3) is 8.29. The summed E-state index contributed by atoms with van der Waals surface area (Å²) in [6.45, 7) is 2.39. The molecule has 3 N–H and O–H groups in total. The van der Waals surface area contributed by atoms with Crippen LogP contribution in [0, 0.1) is 11.8 Å². The summed E-state index contributed by atoms with van der Waals surface area (Å²) in [6.07, 6.45) is 11.7. The minimum Gasteiger partial charge on any atom is -0.475 e. The summed E-state index contributed by atoms with van der Waals surface area (Å²) in [5, 5.41) is 13.7. The first-order valence-corrected chi connectivity index (χ1v) is 21.6. The summed E-state index contributed by atoms with van der Waals surface area (Å²) >= 11 is 1.34. The molecule has 9 rings (SSSR count). The molecule has 300 valence electrons. The van der Waals surface area contributed by atoms with Gasteiger partial charge in [-0.3, -0.25) is 19.4 Å². The topological polar surface area (TPSA) is 102 Å². The number of nitrogens with zero attached hydrogens (tertiary/aromatic N) is 2. The molecule has 4 bridgehead atoms. The van der Waals surface area contributed by atoms with Crippen LogP contribution in [0.5, 0.6) is 0 Å². The molecule has 4 atom stereocenters. The maximum atomic E-state index is 13.2. The Bertz CT molecular complexity index is 1700. The molecule has 0 radical (unpaired) electrons. The van der Waals surface area contributed by atoms with Crippen LogP contribution in [0.2, 0.25) is 0 Å². The number of fused-ring (bicyclic) bond motifs is 10. The first kappa shape index (κ1) is 39.1. The van der Waals surface area contributed by atoms with Gasteiger partial charge in [0.15, 0.2) is 0 Å². The van der Waals surface area contributed by atoms with E-state index in [0.717, 1.165) is 37.5 Å². The van der Waals surface area contributed by atoms with Crippen LogP contribution in [-0.2, 0) is 4.79 Å². The van der Waals surface area contributed by atoms with E-state index in [1.54, 1.807) is 22.3 Å². The zero-order valence-electron chi connectivity index (χ0n) is 31.8. The van der Waals surface area contributed by atoms with E-state index in [2.05, 4.69) is 69.0 Å². The number of thiophene rings is 1. The molecule has 5 heterocycles. The van der Waals surface area contributed by atoms with Crippen molar-refractivity contribution in [2.75, 3.05) is 13.1 Å². The van der Waals surface area contributed by atoms with Crippen molar-refractivity contribution in [2.24, 2.45) is 11.8 Å². The summed E-state index contributed by atoms with van der Waals surface area (Å²) in [5.74, 6) is -1.29. The number of rotatable bonds is 10. The summed E-state index contributed by atoms with van der Waals surface area (Å²) in [4.78, 5) is 42.1. The Morgan fingerprint density at radius 3 is 1.20 bits per heavy atom. The van der Waals surface area contributed by atoms with Crippen LogP contribution in [0.15, 0.2) is 60.7 Å². The van der Waals surface area contributed by atoms with Crippen LogP contribution >= 0.6 is 11.3 Å². The minimum atomic E-state index is -5.08. The fourth-order valence-electron chi connectivity index (χ4n) is 10.9. The quantitative estimate of drug-likeness (QED) is 0.189. The second kappa shape index (κ2) is 16.6. The highest BCUT2D eigenvalue weighted by atomic mass is 32.1. The lowest BCUT2D eigenvalue weighted by Crippen LogP contribution is -2.38. The molecular weight excluding hydrogens is 738 g/mol. The number of benzene rings is 2. The molecule has 0 spiro atoms. The lowest BCUT2D eigenvalue weighted by molar-refractivity contribution is -0.192. The van der Waals surface area contributed by atoms with Gasteiger partial charge in [0, 0.05) is 36.3 Å². The molecule has 3 aromatic rings. The number of carboxylic acid groups (broad SMARTS) is 1. The zero-order valence-corrected chi connectivity index (χ0v) is 32.6. The summed E-state index contributed by atoms with van der Waals surface area (Å²) in [6, 6.07) is 24.8. The average Bonchev–Trinajstić information content (AvgIpc) is 4.04. The summed E-state index contributed by atoms with van der Waals surface area (Å²) in [5.41, 5.74) is 6.29. The Hall–Kier alpha value is -3.74. The van der Waals surface area contributed by atoms with E-state index < -0.39 is 12.1 Å². The third-order valence-electron chi connectivity index (χ3n) is 13.7. The molecule has 56 heavy (non-hydrogen) atoms. The van der Waals surface area contributed by atoms with Gasteiger partial charge in [0.1, 0.15) is 0 Å². The smallest absolute Gasteiger partial charge is 0.475 e. The predicted octanol–water partition coefficient (Wildman–Crippen LogP) is 9.52. The molecule has 1 aromatic heterocycles. The molecule has 2 saturated carbocycles. The highest BCUT2D eigenvalue weighted by Gasteiger charge is 2.44. The van der Waals surface area contributed by atoms with Gasteiger partial charge in [-0.05, 0) is 149 Å². The molecule has 2 saturated heterocycles. The standard InChI is InChI=1S/C42H52N4O2S.C2HF3O2/c47-41(43-29-13-9-27(10-14-29)23-25-45-35-17-18-36(45)32-6-2-1-5-31(32)35)39-21-22-40(49-39)42(48)44-30-15-11-28(12-16-30)24-26-46-37-19-20-38(46)34-8-4-3-7-33(34)37;3-2(4,5)1(6)7/h1-8,21-22,27-30,35-38H,9-20,23-26H2,(H,43,47)(H,44,48);(H,6,7)/t27-,28-,29-,30-,35-,36+,37-,38+;. The van der Waals surface area contributed by atoms with Crippen LogP contribution in [0.3, 0.4) is 0 Å². The molecule has 2 aromatic carbocycles. The molecule has 6 aliphatic rings. The Morgan fingerprint density at radius 2 is 0.893 bits per heavy atom. The van der Waals surface area contributed by atoms with Crippen LogP contribution in [0.4, 0.5) is 13.2 Å². The second-order valence-electron chi connectivity index (χ2n) is 16.9. The van der Waals surface area contributed by atoms with Crippen LogP contribution in [0.25, 0.3) is 0 Å². The van der Waals surface area contributed by atoms with Crippen molar-refractivity contribution in [3.05, 3.63) is 92.7 Å². The van der Waals surface area contributed by atoms with Crippen molar-refractivity contribution >= 4 is 29.1 Å². The SMILES string of the molecule is O=C(N[C@H]1CC[C@H](CCN2[C@@H]3CC[C@H]2c2ccccc23)CC1)c1ccc(C(=O)N[C@H]2CC[C@H](CCN3[C@@H]4CC[C@H]3c3ccccc34)CC2)s1.O=C(O)C(F)(F)F. The van der Waals surface area contributed by atoms with Gasteiger partial charge in [-0.1, -0.05) is 48.5 Å². The van der Waals surface area contributed by atoms with Gasteiger partial charge in [-0.25, -0.2) is 4.79 Å². The van der Waals surface area contributed by atoms with Crippen LogP contribution in [0.1, 0.15) is 156 Å². The van der Waals surface area contributed by atoms with Crippen molar-refractivity contribution < 1.29 is 32.7 Å². The number of nitrogens with one attached hydrogen (secondary N) is 2. The number of hydrogen-bond acceptors (Lipinski definition) is 6. The van der Waals surface area contributed by atoms with Gasteiger partial charge in [-0.15, -0.1) is 11.3 Å². The maximum Gasteiger partial charge on any atom is 0.490 e. The van der Waals surface area contributed by atoms with Gasteiger partial charge in [0.2, 0.25) is 0 Å². The number of alkyl halides is 3. The van der Waals surface area contributed by atoms with Crippen molar-refractivity contribution in [2.45, 2.75) is 132 Å². The average molecular weight is 791 g/mol. The monoisotopic (exact) mass is 790 g/mol. The number of aliphatic carboxylic acids is 1. The van der Waals surface area contributed by atoms with Gasteiger partial charge >= 0.3 is 12.1 Å². The molecule has 2 amide bonds. The van der Waals surface area contributed by atoms with E-state index in [0.29, 0.717) is 33.9 Å². The second-order valence-corrected chi connectivity index (χ2v) is 18.0. The van der Waals surface area contributed by atoms with E-state index in [-0.39, 0.29) is 23.9 Å². The fourth-order valence-corrected chi connectivity index (χ4v) is 11.7. The van der Waals surface area contributed by atoms with Crippen molar-refractivity contribution in [1.82, 2.24) is 20.4 Å². The number of halogens is 3. The highest BCUT2D eigenvalue weighted by molar-refractivity contribution is 7.15. The molecule has 0 unspecified atom stereocenters. The lowest BCUT2D eigenvalue weighted by Gasteiger charge is -2.31.